The fourth-order valence-electron chi connectivity index (χ4n) is 1.72. The standard InChI is InChI=1S/C13H17BrFN7O2S/c1-25(2,16)18-6-5-17-12-11(21-24-22-12)13(20-23)19-8-3-4-10(15)9(14)7-8/h3-4,7,16,23H,5-6H2,1-2H3,(H,17,22)(H,19,20). The molecule has 1 aromatic heterocycles. The molecule has 0 saturated carbocycles. The van der Waals surface area contributed by atoms with Crippen LogP contribution in [-0.4, -0.2) is 47.0 Å². The van der Waals surface area contributed by atoms with Gasteiger partial charge in [0.25, 0.3) is 0 Å². The van der Waals surface area contributed by atoms with E-state index in [4.69, 9.17) is 4.78 Å². The molecule has 9 nitrogen and oxygen atoms in total. The van der Waals surface area contributed by atoms with Gasteiger partial charge in [-0.15, -0.1) is 0 Å². The van der Waals surface area contributed by atoms with Crippen LogP contribution in [0.3, 0.4) is 0 Å². The van der Waals surface area contributed by atoms with E-state index >= 15 is 0 Å². The van der Waals surface area contributed by atoms with Crippen molar-refractivity contribution in [3.05, 3.63) is 34.2 Å². The number of benzene rings is 1. The van der Waals surface area contributed by atoms with Crippen LogP contribution in [0, 0.1) is 10.6 Å². The average molecular weight is 434 g/mol. The van der Waals surface area contributed by atoms with Gasteiger partial charge in [-0.1, -0.05) is 9.62 Å². The molecule has 1 heterocycles. The van der Waals surface area contributed by atoms with E-state index in [1.54, 1.807) is 12.5 Å². The number of aliphatic imine (C=N–C) groups is 1. The monoisotopic (exact) mass is 433 g/mol. The molecular weight excluding hydrogens is 417 g/mol. The summed E-state index contributed by atoms with van der Waals surface area (Å²) >= 11 is 3.07. The lowest BCUT2D eigenvalue weighted by molar-refractivity contribution is 0.234. The summed E-state index contributed by atoms with van der Waals surface area (Å²) in [6.07, 6.45) is 3.52. The molecule has 0 saturated heterocycles. The average Bonchev–Trinajstić information content (AvgIpc) is 3.00. The molecule has 0 aliphatic carbocycles. The van der Waals surface area contributed by atoms with E-state index in [1.807, 2.05) is 5.48 Å². The second kappa shape index (κ2) is 8.36. The molecule has 2 aromatic rings. The Balaban J connectivity index is 2.18. The lowest BCUT2D eigenvalue weighted by atomic mass is 10.3. The zero-order valence-corrected chi connectivity index (χ0v) is 15.9. The predicted molar refractivity (Wildman–Crippen MR) is 97.2 cm³/mol. The molecule has 0 radical (unpaired) electrons. The van der Waals surface area contributed by atoms with Gasteiger partial charge >= 0.3 is 0 Å². The van der Waals surface area contributed by atoms with Crippen molar-refractivity contribution in [3.8, 4) is 0 Å². The number of amidine groups is 1. The number of hydroxylamine groups is 1. The highest BCUT2D eigenvalue weighted by atomic mass is 79.9. The molecule has 0 fully saturated rings. The van der Waals surface area contributed by atoms with E-state index in [9.17, 15) is 9.60 Å². The number of nitrogens with zero attached hydrogens (tertiary/aromatic N) is 4. The maximum Gasteiger partial charge on any atom is 0.202 e. The molecule has 0 bridgehead atoms. The number of aromatic nitrogens is 2. The first-order valence-corrected chi connectivity index (χ1v) is 10.2. The van der Waals surface area contributed by atoms with Crippen molar-refractivity contribution in [2.45, 2.75) is 0 Å². The summed E-state index contributed by atoms with van der Waals surface area (Å²) in [7, 11) is -1.68. The van der Waals surface area contributed by atoms with E-state index in [0.29, 0.717) is 18.8 Å². The molecule has 0 atom stereocenters. The van der Waals surface area contributed by atoms with Crippen LogP contribution in [0.1, 0.15) is 5.69 Å². The molecule has 0 aliphatic rings. The van der Waals surface area contributed by atoms with Crippen LogP contribution in [0.4, 0.5) is 15.9 Å². The van der Waals surface area contributed by atoms with Gasteiger partial charge in [0.15, 0.2) is 11.5 Å². The van der Waals surface area contributed by atoms with Gasteiger partial charge in [0.2, 0.25) is 5.82 Å². The molecule has 0 aliphatic heterocycles. The SMILES string of the molecule is CS(C)(=N)=NCCNc1nonc1C(=Nc1ccc(F)c(Br)c1)NO. The van der Waals surface area contributed by atoms with Crippen molar-refractivity contribution in [1.29, 1.82) is 4.78 Å². The number of halogens is 2. The Kier molecular flexibility index (Phi) is 6.45. The Morgan fingerprint density at radius 3 is 2.84 bits per heavy atom. The van der Waals surface area contributed by atoms with Crippen LogP contribution in [0.5, 0.6) is 0 Å². The van der Waals surface area contributed by atoms with Crippen LogP contribution in [-0.2, 0) is 9.62 Å². The highest BCUT2D eigenvalue weighted by Gasteiger charge is 2.16. The number of anilines is 1. The van der Waals surface area contributed by atoms with E-state index in [1.165, 1.54) is 18.2 Å². The largest absolute Gasteiger partial charge is 0.363 e. The minimum absolute atomic E-state index is 0.0226. The molecule has 4 N–H and O–H groups in total. The number of nitrogens with one attached hydrogen (secondary N) is 3. The first-order chi connectivity index (χ1) is 11.8. The van der Waals surface area contributed by atoms with Gasteiger partial charge in [-0.05, 0) is 44.4 Å². The fourth-order valence-corrected chi connectivity index (χ4v) is 2.64. The Morgan fingerprint density at radius 2 is 2.20 bits per heavy atom. The van der Waals surface area contributed by atoms with Crippen LogP contribution in [0.2, 0.25) is 0 Å². The maximum absolute atomic E-state index is 13.3. The van der Waals surface area contributed by atoms with Crippen molar-refractivity contribution in [3.63, 3.8) is 0 Å². The third kappa shape index (κ3) is 5.76. The normalized spacial score (nSPS) is 12.1. The zero-order valence-electron chi connectivity index (χ0n) is 13.5. The molecule has 2 rings (SSSR count). The van der Waals surface area contributed by atoms with Gasteiger partial charge in [-0.25, -0.2) is 14.0 Å². The summed E-state index contributed by atoms with van der Waals surface area (Å²) in [5.41, 5.74) is 2.47. The third-order valence-corrected chi connectivity index (χ3v) is 4.22. The molecule has 25 heavy (non-hydrogen) atoms. The molecule has 0 spiro atoms. The van der Waals surface area contributed by atoms with Gasteiger partial charge in [0.05, 0.1) is 16.7 Å². The lowest BCUT2D eigenvalue weighted by Crippen LogP contribution is -2.22. The van der Waals surface area contributed by atoms with Crippen molar-refractivity contribution < 1.29 is 14.2 Å². The fraction of sp³-hybridized carbons (Fsp3) is 0.308. The zero-order chi connectivity index (χ0) is 18.4. The highest BCUT2D eigenvalue weighted by Crippen LogP contribution is 2.23. The summed E-state index contributed by atoms with van der Waals surface area (Å²) in [4.78, 5) is 4.16. The van der Waals surface area contributed by atoms with Crippen LogP contribution in [0.15, 0.2) is 36.7 Å². The molecule has 1 aromatic carbocycles. The van der Waals surface area contributed by atoms with Crippen LogP contribution in [0.25, 0.3) is 0 Å². The molecule has 0 unspecified atom stereocenters. The molecule has 136 valence electrons. The maximum atomic E-state index is 13.3. The number of hydrogen-bond acceptors (Lipinski definition) is 8. The minimum atomic E-state index is -1.68. The summed E-state index contributed by atoms with van der Waals surface area (Å²) in [6, 6.07) is 4.13. The Bertz CT molecular complexity index is 884. The lowest BCUT2D eigenvalue weighted by Gasteiger charge is -2.05. The molecular formula is C13H17BrFN7O2S. The Labute approximate surface area is 152 Å². The molecule has 0 amide bonds. The Morgan fingerprint density at radius 1 is 1.44 bits per heavy atom. The van der Waals surface area contributed by atoms with Crippen molar-refractivity contribution in [1.82, 2.24) is 15.8 Å². The Hall–Kier alpha value is -2.05. The van der Waals surface area contributed by atoms with Gasteiger partial charge in [-0.3, -0.25) is 19.8 Å². The highest BCUT2D eigenvalue weighted by molar-refractivity contribution is 9.10. The number of hydrogen-bond donors (Lipinski definition) is 4. The van der Waals surface area contributed by atoms with E-state index in [-0.39, 0.29) is 21.8 Å². The molecule has 12 heteroatoms. The predicted octanol–water partition coefficient (Wildman–Crippen LogP) is 2.80. The summed E-state index contributed by atoms with van der Waals surface area (Å²) < 4.78 is 30.1. The van der Waals surface area contributed by atoms with Gasteiger partial charge < -0.3 is 5.32 Å². The van der Waals surface area contributed by atoms with Crippen molar-refractivity contribution in [2.75, 3.05) is 30.9 Å². The van der Waals surface area contributed by atoms with E-state index < -0.39 is 15.4 Å². The second-order valence-corrected chi connectivity index (χ2v) is 8.84. The summed E-state index contributed by atoms with van der Waals surface area (Å²) in [5.74, 6) is -0.189. The van der Waals surface area contributed by atoms with Gasteiger partial charge in [0, 0.05) is 19.1 Å². The van der Waals surface area contributed by atoms with Crippen LogP contribution >= 0.6 is 15.9 Å². The quantitative estimate of drug-likeness (QED) is 0.239. The first kappa shape index (κ1) is 19.3. The second-order valence-electron chi connectivity index (χ2n) is 5.18. The third-order valence-electron chi connectivity index (χ3n) is 2.78. The van der Waals surface area contributed by atoms with Crippen molar-refractivity contribution >= 4 is 42.9 Å². The van der Waals surface area contributed by atoms with E-state index in [0.717, 1.165) is 0 Å². The smallest absolute Gasteiger partial charge is 0.202 e. The van der Waals surface area contributed by atoms with E-state index in [2.05, 4.69) is 45.5 Å². The van der Waals surface area contributed by atoms with Crippen molar-refractivity contribution in [2.24, 2.45) is 9.36 Å². The first-order valence-electron chi connectivity index (χ1n) is 6.97. The van der Waals surface area contributed by atoms with Gasteiger partial charge in [-0.2, -0.15) is 0 Å². The summed E-state index contributed by atoms with van der Waals surface area (Å²) in [5, 5.41) is 19.7. The van der Waals surface area contributed by atoms with Crippen LogP contribution < -0.4 is 10.8 Å². The van der Waals surface area contributed by atoms with Gasteiger partial charge in [0.1, 0.15) is 5.82 Å². The summed E-state index contributed by atoms with van der Waals surface area (Å²) in [6.45, 7) is 0.833. The minimum Gasteiger partial charge on any atom is -0.363 e. The topological polar surface area (TPSA) is 132 Å². The number of rotatable bonds is 6.